The SMILES string of the molecule is CCn1c(SCC(=O)Nc2cc(OC)cc(OC)c2)nnc1-c1cnccn1. The predicted octanol–water partition coefficient (Wildman–Crippen LogP) is 2.50. The van der Waals surface area contributed by atoms with Crippen LogP contribution in [0, 0.1) is 0 Å². The standard InChI is InChI=1S/C18H20N6O3S/c1-4-24-17(15-10-19-5-6-20-15)22-23-18(24)28-11-16(25)21-12-7-13(26-2)9-14(8-12)27-3/h5-10H,4,11H2,1-3H3,(H,21,25). The lowest BCUT2D eigenvalue weighted by molar-refractivity contribution is -0.113. The number of rotatable bonds is 8. The fourth-order valence-electron chi connectivity index (χ4n) is 2.49. The van der Waals surface area contributed by atoms with Gasteiger partial charge in [-0.2, -0.15) is 0 Å². The van der Waals surface area contributed by atoms with E-state index >= 15 is 0 Å². The Bertz CT molecular complexity index is 925. The Kier molecular flexibility index (Phi) is 6.43. The molecule has 0 saturated heterocycles. The van der Waals surface area contributed by atoms with Crippen molar-refractivity contribution in [3.63, 3.8) is 0 Å². The van der Waals surface area contributed by atoms with Crippen molar-refractivity contribution in [2.45, 2.75) is 18.6 Å². The zero-order chi connectivity index (χ0) is 19.9. The monoisotopic (exact) mass is 400 g/mol. The second kappa shape index (κ2) is 9.18. The van der Waals surface area contributed by atoms with E-state index in [-0.39, 0.29) is 11.7 Å². The van der Waals surface area contributed by atoms with Gasteiger partial charge in [0.05, 0.1) is 26.2 Å². The van der Waals surface area contributed by atoms with Gasteiger partial charge in [0.2, 0.25) is 5.91 Å². The van der Waals surface area contributed by atoms with Gasteiger partial charge in [0.15, 0.2) is 11.0 Å². The molecule has 0 bridgehead atoms. The number of nitrogens with zero attached hydrogens (tertiary/aromatic N) is 5. The molecule has 10 heteroatoms. The molecule has 0 radical (unpaired) electrons. The highest BCUT2D eigenvalue weighted by Crippen LogP contribution is 2.26. The van der Waals surface area contributed by atoms with Gasteiger partial charge in [0, 0.05) is 42.8 Å². The van der Waals surface area contributed by atoms with Gasteiger partial charge in [0.25, 0.3) is 0 Å². The van der Waals surface area contributed by atoms with Crippen LogP contribution in [0.3, 0.4) is 0 Å². The van der Waals surface area contributed by atoms with Gasteiger partial charge >= 0.3 is 0 Å². The fourth-order valence-corrected chi connectivity index (χ4v) is 3.29. The number of thioether (sulfide) groups is 1. The van der Waals surface area contributed by atoms with Crippen molar-refractivity contribution in [3.05, 3.63) is 36.8 Å². The molecule has 1 aromatic carbocycles. The molecule has 0 aliphatic rings. The van der Waals surface area contributed by atoms with Crippen molar-refractivity contribution in [1.82, 2.24) is 24.7 Å². The average molecular weight is 400 g/mol. The molecule has 146 valence electrons. The highest BCUT2D eigenvalue weighted by Gasteiger charge is 2.16. The summed E-state index contributed by atoms with van der Waals surface area (Å²) in [5, 5.41) is 11.9. The van der Waals surface area contributed by atoms with E-state index in [1.807, 2.05) is 11.5 Å². The number of anilines is 1. The summed E-state index contributed by atoms with van der Waals surface area (Å²) in [7, 11) is 3.12. The van der Waals surface area contributed by atoms with Crippen molar-refractivity contribution in [2.24, 2.45) is 0 Å². The summed E-state index contributed by atoms with van der Waals surface area (Å²) in [6.45, 7) is 2.63. The minimum atomic E-state index is -0.174. The molecule has 1 N–H and O–H groups in total. The molecule has 0 spiro atoms. The smallest absolute Gasteiger partial charge is 0.234 e. The molecule has 0 aliphatic carbocycles. The van der Waals surface area contributed by atoms with Crippen molar-refractivity contribution in [1.29, 1.82) is 0 Å². The summed E-state index contributed by atoms with van der Waals surface area (Å²) in [5.41, 5.74) is 1.23. The van der Waals surface area contributed by atoms with Crippen molar-refractivity contribution in [2.75, 3.05) is 25.3 Å². The highest BCUT2D eigenvalue weighted by molar-refractivity contribution is 7.99. The van der Waals surface area contributed by atoms with Crippen LogP contribution in [0.4, 0.5) is 5.69 Å². The van der Waals surface area contributed by atoms with Crippen LogP contribution < -0.4 is 14.8 Å². The highest BCUT2D eigenvalue weighted by atomic mass is 32.2. The molecule has 0 atom stereocenters. The first-order valence-electron chi connectivity index (χ1n) is 8.50. The van der Waals surface area contributed by atoms with E-state index < -0.39 is 0 Å². The fraction of sp³-hybridized carbons (Fsp3) is 0.278. The van der Waals surface area contributed by atoms with Crippen LogP contribution in [0.15, 0.2) is 41.9 Å². The third kappa shape index (κ3) is 4.58. The molecule has 9 nitrogen and oxygen atoms in total. The largest absolute Gasteiger partial charge is 0.497 e. The van der Waals surface area contributed by atoms with Gasteiger partial charge in [-0.05, 0) is 6.92 Å². The van der Waals surface area contributed by atoms with Crippen LogP contribution in [-0.4, -0.2) is 50.6 Å². The summed E-state index contributed by atoms with van der Waals surface area (Å²) in [6, 6.07) is 5.19. The first kappa shape index (κ1) is 19.6. The maximum atomic E-state index is 12.4. The van der Waals surface area contributed by atoms with E-state index in [1.165, 1.54) is 11.8 Å². The Morgan fingerprint density at radius 3 is 2.50 bits per heavy atom. The number of nitrogens with one attached hydrogen (secondary N) is 1. The van der Waals surface area contributed by atoms with Gasteiger partial charge in [-0.25, -0.2) is 4.98 Å². The molecule has 0 fully saturated rings. The zero-order valence-corrected chi connectivity index (χ0v) is 16.6. The third-order valence-electron chi connectivity index (χ3n) is 3.79. The molecule has 2 heterocycles. The number of amides is 1. The Morgan fingerprint density at radius 1 is 1.14 bits per heavy atom. The maximum Gasteiger partial charge on any atom is 0.234 e. The van der Waals surface area contributed by atoms with Crippen molar-refractivity contribution < 1.29 is 14.3 Å². The Balaban J connectivity index is 1.68. The van der Waals surface area contributed by atoms with Gasteiger partial charge < -0.3 is 19.4 Å². The van der Waals surface area contributed by atoms with Gasteiger partial charge in [-0.15, -0.1) is 10.2 Å². The molecule has 2 aromatic heterocycles. The lowest BCUT2D eigenvalue weighted by Gasteiger charge is -2.10. The number of hydrogen-bond donors (Lipinski definition) is 1. The summed E-state index contributed by atoms with van der Waals surface area (Å²) >= 11 is 1.30. The number of ether oxygens (including phenoxy) is 2. The van der Waals surface area contributed by atoms with Crippen LogP contribution in [0.1, 0.15) is 6.92 Å². The predicted molar refractivity (Wildman–Crippen MR) is 106 cm³/mol. The zero-order valence-electron chi connectivity index (χ0n) is 15.7. The third-order valence-corrected chi connectivity index (χ3v) is 4.76. The van der Waals surface area contributed by atoms with Crippen molar-refractivity contribution >= 4 is 23.4 Å². The van der Waals surface area contributed by atoms with E-state index in [0.717, 1.165) is 0 Å². The Hall–Kier alpha value is -3.14. The number of carbonyl (C=O) groups is 1. The first-order chi connectivity index (χ1) is 13.6. The molecule has 0 unspecified atom stereocenters. The molecule has 0 saturated carbocycles. The summed E-state index contributed by atoms with van der Waals surface area (Å²) in [6.07, 6.45) is 4.84. The van der Waals surface area contributed by atoms with E-state index in [4.69, 9.17) is 9.47 Å². The van der Waals surface area contributed by atoms with Gasteiger partial charge in [-0.1, -0.05) is 11.8 Å². The minimum absolute atomic E-state index is 0.174. The molecular weight excluding hydrogens is 380 g/mol. The van der Waals surface area contributed by atoms with Gasteiger partial charge in [0.1, 0.15) is 17.2 Å². The summed E-state index contributed by atoms with van der Waals surface area (Å²) in [4.78, 5) is 20.7. The average Bonchev–Trinajstić information content (AvgIpc) is 3.15. The normalized spacial score (nSPS) is 10.5. The number of hydrogen-bond acceptors (Lipinski definition) is 8. The molecule has 1 amide bonds. The van der Waals surface area contributed by atoms with Crippen LogP contribution in [0.25, 0.3) is 11.5 Å². The van der Waals surface area contributed by atoms with Gasteiger partial charge in [-0.3, -0.25) is 9.78 Å². The quantitative estimate of drug-likeness (QED) is 0.575. The maximum absolute atomic E-state index is 12.4. The molecule has 0 aliphatic heterocycles. The van der Waals surface area contributed by atoms with Crippen LogP contribution in [-0.2, 0) is 11.3 Å². The lowest BCUT2D eigenvalue weighted by Crippen LogP contribution is -2.14. The molecule has 3 rings (SSSR count). The van der Waals surface area contributed by atoms with Crippen LogP contribution in [0.5, 0.6) is 11.5 Å². The molecule has 3 aromatic rings. The second-order valence-corrected chi connectivity index (χ2v) is 6.52. The van der Waals surface area contributed by atoms with E-state index in [0.29, 0.717) is 40.4 Å². The number of benzene rings is 1. The molecule has 28 heavy (non-hydrogen) atoms. The van der Waals surface area contributed by atoms with E-state index in [2.05, 4.69) is 25.5 Å². The van der Waals surface area contributed by atoms with E-state index in [1.54, 1.807) is 51.0 Å². The topological polar surface area (TPSA) is 104 Å². The summed E-state index contributed by atoms with van der Waals surface area (Å²) in [5.74, 6) is 1.82. The molecular formula is C18H20N6O3S. The van der Waals surface area contributed by atoms with E-state index in [9.17, 15) is 4.79 Å². The minimum Gasteiger partial charge on any atom is -0.497 e. The Morgan fingerprint density at radius 2 is 1.89 bits per heavy atom. The second-order valence-electron chi connectivity index (χ2n) is 5.58. The Labute approximate surface area is 166 Å². The van der Waals surface area contributed by atoms with Crippen molar-refractivity contribution in [3.8, 4) is 23.0 Å². The number of methoxy groups -OCH3 is 2. The summed E-state index contributed by atoms with van der Waals surface area (Å²) < 4.78 is 12.3. The van der Waals surface area contributed by atoms with Crippen LogP contribution >= 0.6 is 11.8 Å². The van der Waals surface area contributed by atoms with Crippen LogP contribution in [0.2, 0.25) is 0 Å². The first-order valence-corrected chi connectivity index (χ1v) is 9.48. The number of aromatic nitrogens is 5. The lowest BCUT2D eigenvalue weighted by atomic mass is 10.2. The number of carbonyl (C=O) groups excluding carboxylic acids is 1.